The Morgan fingerprint density at radius 1 is 1.18 bits per heavy atom. The van der Waals surface area contributed by atoms with Gasteiger partial charge in [0, 0.05) is 17.2 Å². The van der Waals surface area contributed by atoms with E-state index in [-0.39, 0.29) is 11.9 Å². The Hall–Kier alpha value is -2.08. The highest BCUT2D eigenvalue weighted by Gasteiger charge is 2.21. The van der Waals surface area contributed by atoms with E-state index in [1.165, 1.54) is 11.8 Å². The fourth-order valence-corrected chi connectivity index (χ4v) is 4.34. The quantitative estimate of drug-likeness (QED) is 0.387. The van der Waals surface area contributed by atoms with Crippen molar-refractivity contribution < 1.29 is 9.53 Å². The van der Waals surface area contributed by atoms with Gasteiger partial charge in [0.05, 0.1) is 30.3 Å². The van der Waals surface area contributed by atoms with Crippen LogP contribution in [0.1, 0.15) is 23.2 Å². The van der Waals surface area contributed by atoms with Crippen LogP contribution in [0.25, 0.3) is 11.3 Å². The van der Waals surface area contributed by atoms with Crippen molar-refractivity contribution in [1.82, 2.24) is 9.55 Å². The van der Waals surface area contributed by atoms with Crippen LogP contribution in [-0.4, -0.2) is 33.8 Å². The lowest BCUT2D eigenvalue weighted by atomic mass is 10.1. The predicted molar refractivity (Wildman–Crippen MR) is 113 cm³/mol. The zero-order valence-electron chi connectivity index (χ0n) is 15.4. The molecule has 0 saturated carbocycles. The van der Waals surface area contributed by atoms with Crippen LogP contribution in [-0.2, 0) is 11.3 Å². The molecule has 4 nitrogen and oxygen atoms in total. The lowest BCUT2D eigenvalue weighted by molar-refractivity contribution is 0.0954. The summed E-state index contributed by atoms with van der Waals surface area (Å²) in [6.07, 6.45) is 4.24. The fraction of sp³-hybridized carbons (Fsp3) is 0.273. The van der Waals surface area contributed by atoms with Crippen molar-refractivity contribution >= 4 is 29.1 Å². The number of benzene rings is 2. The molecule has 1 fully saturated rings. The van der Waals surface area contributed by atoms with E-state index < -0.39 is 0 Å². The zero-order valence-corrected chi connectivity index (χ0v) is 17.0. The molecular weight excluding hydrogens is 392 g/mol. The minimum absolute atomic E-state index is 0.0644. The molecule has 3 aromatic rings. The minimum atomic E-state index is 0.0644. The highest BCUT2D eigenvalue weighted by Crippen LogP contribution is 2.28. The van der Waals surface area contributed by atoms with Gasteiger partial charge in [-0.15, -0.1) is 0 Å². The van der Waals surface area contributed by atoms with Gasteiger partial charge in [-0.25, -0.2) is 4.98 Å². The van der Waals surface area contributed by atoms with E-state index in [2.05, 4.69) is 21.7 Å². The monoisotopic (exact) mass is 412 g/mol. The van der Waals surface area contributed by atoms with Crippen LogP contribution in [0.4, 0.5) is 0 Å². The number of carbonyl (C=O) groups excluding carboxylic acids is 1. The van der Waals surface area contributed by atoms with Crippen LogP contribution >= 0.6 is 23.4 Å². The van der Waals surface area contributed by atoms with Crippen molar-refractivity contribution in [1.29, 1.82) is 0 Å². The number of Topliss-reactive ketones (excluding diaryl/α,β-unsaturated/α-hetero) is 1. The van der Waals surface area contributed by atoms with Gasteiger partial charge in [-0.3, -0.25) is 4.79 Å². The second-order valence-corrected chi connectivity index (χ2v) is 8.14. The minimum Gasteiger partial charge on any atom is -0.376 e. The third kappa shape index (κ3) is 4.49. The number of rotatable bonds is 7. The molecule has 1 unspecified atom stereocenters. The summed E-state index contributed by atoms with van der Waals surface area (Å²) in [6.45, 7) is 1.57. The zero-order chi connectivity index (χ0) is 19.3. The average molecular weight is 413 g/mol. The van der Waals surface area contributed by atoms with Crippen molar-refractivity contribution in [3.05, 3.63) is 71.4 Å². The first-order valence-electron chi connectivity index (χ1n) is 9.35. The Bertz CT molecular complexity index is 935. The van der Waals surface area contributed by atoms with Gasteiger partial charge in [0.1, 0.15) is 0 Å². The van der Waals surface area contributed by atoms with Crippen molar-refractivity contribution in [3.8, 4) is 11.3 Å². The molecule has 28 heavy (non-hydrogen) atoms. The normalized spacial score (nSPS) is 16.4. The maximum Gasteiger partial charge on any atom is 0.173 e. The number of carbonyl (C=O) groups is 1. The summed E-state index contributed by atoms with van der Waals surface area (Å²) in [5, 5.41) is 1.47. The highest BCUT2D eigenvalue weighted by molar-refractivity contribution is 7.99. The summed E-state index contributed by atoms with van der Waals surface area (Å²) >= 11 is 7.38. The molecule has 6 heteroatoms. The molecule has 1 atom stereocenters. The maximum absolute atomic E-state index is 12.5. The third-order valence-corrected chi connectivity index (χ3v) is 6.04. The lowest BCUT2D eigenvalue weighted by Crippen LogP contribution is -2.17. The largest absolute Gasteiger partial charge is 0.376 e. The van der Waals surface area contributed by atoms with Gasteiger partial charge in [-0.1, -0.05) is 53.7 Å². The van der Waals surface area contributed by atoms with Gasteiger partial charge in [-0.05, 0) is 42.7 Å². The smallest absolute Gasteiger partial charge is 0.173 e. The number of hydrogen-bond donors (Lipinski definition) is 0. The Balaban J connectivity index is 1.54. The van der Waals surface area contributed by atoms with Gasteiger partial charge in [0.25, 0.3) is 0 Å². The van der Waals surface area contributed by atoms with Crippen molar-refractivity contribution in [3.63, 3.8) is 0 Å². The first-order valence-corrected chi connectivity index (χ1v) is 10.7. The summed E-state index contributed by atoms with van der Waals surface area (Å²) < 4.78 is 8.03. The van der Waals surface area contributed by atoms with Gasteiger partial charge in [0.15, 0.2) is 10.9 Å². The molecular formula is C22H21ClN2O2S. The second kappa shape index (κ2) is 8.95. The van der Waals surface area contributed by atoms with Crippen LogP contribution in [0.2, 0.25) is 5.02 Å². The molecule has 0 aliphatic carbocycles. The standard InChI is InChI=1S/C22H21ClN2O2S/c23-18-10-8-17(9-11-18)21(26)15-28-22-24-13-20(16-5-2-1-3-6-16)25(22)14-19-7-4-12-27-19/h1-3,5-6,8-11,13,19H,4,7,12,14-15H2. The molecule has 2 aromatic carbocycles. The van der Waals surface area contributed by atoms with E-state index in [9.17, 15) is 4.79 Å². The van der Waals surface area contributed by atoms with Crippen LogP contribution in [0.5, 0.6) is 0 Å². The molecule has 0 bridgehead atoms. The molecule has 144 valence electrons. The summed E-state index contributed by atoms with van der Waals surface area (Å²) in [5.41, 5.74) is 2.83. The molecule has 0 amide bonds. The summed E-state index contributed by atoms with van der Waals surface area (Å²) in [6, 6.07) is 17.2. The Morgan fingerprint density at radius 2 is 1.96 bits per heavy atom. The molecule has 1 aliphatic heterocycles. The Morgan fingerprint density at radius 3 is 2.68 bits per heavy atom. The van der Waals surface area contributed by atoms with Gasteiger partial charge in [0.2, 0.25) is 0 Å². The van der Waals surface area contributed by atoms with E-state index in [0.717, 1.165) is 42.4 Å². The van der Waals surface area contributed by atoms with Crippen molar-refractivity contribution in [2.24, 2.45) is 0 Å². The topological polar surface area (TPSA) is 44.1 Å². The highest BCUT2D eigenvalue weighted by atomic mass is 35.5. The fourth-order valence-electron chi connectivity index (χ4n) is 3.33. The molecule has 0 N–H and O–H groups in total. The average Bonchev–Trinajstić information content (AvgIpc) is 3.38. The molecule has 1 aliphatic rings. The van der Waals surface area contributed by atoms with Crippen LogP contribution in [0.3, 0.4) is 0 Å². The van der Waals surface area contributed by atoms with Crippen LogP contribution in [0, 0.1) is 0 Å². The summed E-state index contributed by atoms with van der Waals surface area (Å²) in [7, 11) is 0. The molecule has 4 rings (SSSR count). The molecule has 0 radical (unpaired) electrons. The van der Waals surface area contributed by atoms with E-state index in [4.69, 9.17) is 16.3 Å². The SMILES string of the molecule is O=C(CSc1ncc(-c2ccccc2)n1CC1CCCO1)c1ccc(Cl)cc1. The Labute approximate surface area is 173 Å². The van der Waals surface area contributed by atoms with Gasteiger partial charge >= 0.3 is 0 Å². The van der Waals surface area contributed by atoms with Crippen LogP contribution in [0.15, 0.2) is 66.0 Å². The number of ketones is 1. The summed E-state index contributed by atoms with van der Waals surface area (Å²) in [4.78, 5) is 17.1. The number of thioether (sulfide) groups is 1. The first-order chi connectivity index (χ1) is 13.7. The number of aromatic nitrogens is 2. The van der Waals surface area contributed by atoms with E-state index in [0.29, 0.717) is 16.3 Å². The van der Waals surface area contributed by atoms with E-state index in [1.807, 2.05) is 24.4 Å². The summed E-state index contributed by atoms with van der Waals surface area (Å²) in [5.74, 6) is 0.396. The van der Waals surface area contributed by atoms with Crippen molar-refractivity contribution in [2.75, 3.05) is 12.4 Å². The number of imidazole rings is 1. The van der Waals surface area contributed by atoms with E-state index >= 15 is 0 Å². The van der Waals surface area contributed by atoms with E-state index in [1.54, 1.807) is 24.3 Å². The second-order valence-electron chi connectivity index (χ2n) is 6.76. The van der Waals surface area contributed by atoms with Gasteiger partial charge < -0.3 is 9.30 Å². The predicted octanol–water partition coefficient (Wildman–Crippen LogP) is 5.36. The molecule has 1 saturated heterocycles. The maximum atomic E-state index is 12.5. The number of halogens is 1. The number of ether oxygens (including phenoxy) is 1. The third-order valence-electron chi connectivity index (χ3n) is 4.80. The van der Waals surface area contributed by atoms with Crippen LogP contribution < -0.4 is 0 Å². The lowest BCUT2D eigenvalue weighted by Gasteiger charge is -2.16. The number of nitrogens with zero attached hydrogens (tertiary/aromatic N) is 2. The first kappa shape index (κ1) is 19.2. The molecule has 2 heterocycles. The number of hydrogen-bond acceptors (Lipinski definition) is 4. The molecule has 0 spiro atoms. The van der Waals surface area contributed by atoms with Gasteiger partial charge in [-0.2, -0.15) is 0 Å². The molecule has 1 aromatic heterocycles. The Kier molecular flexibility index (Phi) is 6.15. The van der Waals surface area contributed by atoms with Crippen molar-refractivity contribution in [2.45, 2.75) is 30.6 Å².